The van der Waals surface area contributed by atoms with Crippen LogP contribution in [0.3, 0.4) is 0 Å². The number of benzene rings is 4. The average molecular weight is 504 g/mol. The predicted molar refractivity (Wildman–Crippen MR) is 146 cm³/mol. The van der Waals surface area contributed by atoms with E-state index in [1.54, 1.807) is 32.0 Å². The fourth-order valence-electron chi connectivity index (χ4n) is 4.46. The Morgan fingerprint density at radius 1 is 0.684 bits per heavy atom. The van der Waals surface area contributed by atoms with E-state index in [2.05, 4.69) is 0 Å². The molecule has 0 N–H and O–H groups in total. The normalized spacial score (nSPS) is 10.8. The van der Waals surface area contributed by atoms with Crippen molar-refractivity contribution < 1.29 is 23.7 Å². The van der Waals surface area contributed by atoms with Gasteiger partial charge in [0.25, 0.3) is 5.69 Å². The van der Waals surface area contributed by atoms with Crippen molar-refractivity contribution in [2.45, 2.75) is 13.8 Å². The lowest BCUT2D eigenvalue weighted by atomic mass is 9.94. The van der Waals surface area contributed by atoms with E-state index in [0.29, 0.717) is 29.9 Å². The molecule has 0 spiro atoms. The molecule has 0 aliphatic carbocycles. The first-order valence-electron chi connectivity index (χ1n) is 12.6. The van der Waals surface area contributed by atoms with Crippen LogP contribution in [0, 0.1) is 0 Å². The van der Waals surface area contributed by atoms with Crippen molar-refractivity contribution in [2.75, 3.05) is 13.2 Å². The van der Waals surface area contributed by atoms with Gasteiger partial charge in [-0.3, -0.25) is 0 Å². The van der Waals surface area contributed by atoms with Gasteiger partial charge < -0.3 is 9.47 Å². The lowest BCUT2D eigenvalue weighted by molar-refractivity contribution is -0.645. The van der Waals surface area contributed by atoms with Crippen LogP contribution in [0.2, 0.25) is 0 Å². The summed E-state index contributed by atoms with van der Waals surface area (Å²) in [5.74, 6) is -0.740. The largest absolute Gasteiger partial charge is 0.462 e. The van der Waals surface area contributed by atoms with Crippen LogP contribution in [0.5, 0.6) is 0 Å². The summed E-state index contributed by atoms with van der Waals surface area (Å²) >= 11 is 0. The second-order valence-corrected chi connectivity index (χ2v) is 8.59. The highest BCUT2D eigenvalue weighted by atomic mass is 16.5. The van der Waals surface area contributed by atoms with Crippen molar-refractivity contribution in [2.24, 2.45) is 0 Å². The Morgan fingerprint density at radius 2 is 1.24 bits per heavy atom. The van der Waals surface area contributed by atoms with Gasteiger partial charge in [-0.25, -0.2) is 9.59 Å². The van der Waals surface area contributed by atoms with Crippen molar-refractivity contribution in [1.29, 1.82) is 0 Å². The van der Waals surface area contributed by atoms with E-state index in [1.165, 1.54) is 0 Å². The molecule has 0 saturated carbocycles. The minimum absolute atomic E-state index is 0.298. The van der Waals surface area contributed by atoms with Crippen LogP contribution < -0.4 is 4.68 Å². The van der Waals surface area contributed by atoms with Gasteiger partial charge in [0, 0.05) is 28.2 Å². The van der Waals surface area contributed by atoms with E-state index < -0.39 is 0 Å². The summed E-state index contributed by atoms with van der Waals surface area (Å²) in [7, 11) is 0. The molecule has 6 nitrogen and oxygen atoms in total. The second-order valence-electron chi connectivity index (χ2n) is 8.59. The molecule has 5 aromatic rings. The van der Waals surface area contributed by atoms with Crippen LogP contribution in [0.15, 0.2) is 103 Å². The van der Waals surface area contributed by atoms with Crippen LogP contribution in [-0.4, -0.2) is 30.3 Å². The minimum atomic E-state index is -0.374. The van der Waals surface area contributed by atoms with Crippen molar-refractivity contribution in [3.63, 3.8) is 0 Å². The number of hydrogen-bond donors (Lipinski definition) is 0. The van der Waals surface area contributed by atoms with Gasteiger partial charge in [-0.15, -0.1) is 0 Å². The van der Waals surface area contributed by atoms with Gasteiger partial charge in [0.05, 0.1) is 29.9 Å². The molecule has 0 bridgehead atoms. The van der Waals surface area contributed by atoms with Crippen LogP contribution in [0.1, 0.15) is 34.6 Å². The summed E-state index contributed by atoms with van der Waals surface area (Å²) in [6.07, 6.45) is 0. The molecule has 0 amide bonds. The standard InChI is InChI=1S/C32H27N2O4/c1-3-37-31(35)24-15-18-26(19-16-24)34-30(23-13-9-6-10-14-23)29(22-11-7-5-8-12-22)27-21-25(32(36)38-4-2)17-20-28(27)33-34/h5-21H,3-4H2,1-2H3/q+1. The first kappa shape index (κ1) is 24.8. The number of ether oxygens (including phenoxy) is 2. The molecular weight excluding hydrogens is 476 g/mol. The van der Waals surface area contributed by atoms with Crippen LogP contribution in [0.4, 0.5) is 0 Å². The van der Waals surface area contributed by atoms with Crippen LogP contribution in [-0.2, 0) is 9.47 Å². The van der Waals surface area contributed by atoms with Crippen LogP contribution in [0.25, 0.3) is 39.0 Å². The highest BCUT2D eigenvalue weighted by molar-refractivity contribution is 6.03. The lowest BCUT2D eigenvalue weighted by Gasteiger charge is -2.13. The van der Waals surface area contributed by atoms with E-state index in [4.69, 9.17) is 14.6 Å². The number of aromatic nitrogens is 2. The lowest BCUT2D eigenvalue weighted by Crippen LogP contribution is -2.38. The number of fused-ring (bicyclic) bond motifs is 1. The molecule has 0 saturated heterocycles. The Morgan fingerprint density at radius 3 is 1.84 bits per heavy atom. The number of carbonyl (C=O) groups is 2. The monoisotopic (exact) mass is 503 g/mol. The van der Waals surface area contributed by atoms with Gasteiger partial charge in [-0.2, -0.15) is 0 Å². The average Bonchev–Trinajstić information content (AvgIpc) is 2.97. The van der Waals surface area contributed by atoms with Gasteiger partial charge in [0.2, 0.25) is 5.69 Å². The molecule has 4 aromatic carbocycles. The molecule has 0 atom stereocenters. The summed E-state index contributed by atoms with van der Waals surface area (Å²) in [6.45, 7) is 4.19. The molecule has 0 aliphatic rings. The molecule has 0 radical (unpaired) electrons. The molecule has 0 fully saturated rings. The summed E-state index contributed by atoms with van der Waals surface area (Å²) in [4.78, 5) is 24.9. The Kier molecular flexibility index (Phi) is 7.22. The summed E-state index contributed by atoms with van der Waals surface area (Å²) < 4.78 is 12.3. The number of esters is 2. The summed E-state index contributed by atoms with van der Waals surface area (Å²) in [6, 6.07) is 32.7. The Bertz CT molecular complexity index is 1600. The molecule has 5 rings (SSSR count). The molecular formula is C32H27N2O4+. The maximum atomic E-state index is 12.6. The van der Waals surface area contributed by atoms with E-state index >= 15 is 0 Å². The van der Waals surface area contributed by atoms with Gasteiger partial charge in [0.1, 0.15) is 5.52 Å². The second kappa shape index (κ2) is 11.0. The molecule has 0 unspecified atom stereocenters. The van der Waals surface area contributed by atoms with Gasteiger partial charge in [0.15, 0.2) is 0 Å². The van der Waals surface area contributed by atoms with Crippen molar-refractivity contribution >= 4 is 22.8 Å². The SMILES string of the molecule is CCOC(=O)c1ccc(-[n+]2nc3ccc(C(=O)OCC)cc3c(-c3ccccc3)c2-c2ccccc2)cc1. The van der Waals surface area contributed by atoms with E-state index in [9.17, 15) is 9.59 Å². The van der Waals surface area contributed by atoms with Crippen molar-refractivity contribution in [1.82, 2.24) is 5.10 Å². The Labute approximate surface area is 221 Å². The fraction of sp³-hybridized carbons (Fsp3) is 0.125. The number of nitrogens with zero attached hydrogens (tertiary/aromatic N) is 2. The number of carbonyl (C=O) groups excluding carboxylic acids is 2. The predicted octanol–water partition coefficient (Wildman–Crippen LogP) is 6.20. The summed E-state index contributed by atoms with van der Waals surface area (Å²) in [5.41, 5.74) is 6.16. The Balaban J connectivity index is 1.83. The quantitative estimate of drug-likeness (QED) is 0.195. The first-order valence-corrected chi connectivity index (χ1v) is 12.6. The van der Waals surface area contributed by atoms with Crippen LogP contribution >= 0.6 is 0 Å². The first-order chi connectivity index (χ1) is 18.6. The van der Waals surface area contributed by atoms with Crippen molar-refractivity contribution in [3.8, 4) is 28.1 Å². The molecule has 188 valence electrons. The minimum Gasteiger partial charge on any atom is -0.462 e. The van der Waals surface area contributed by atoms with Crippen molar-refractivity contribution in [3.05, 3.63) is 114 Å². The molecule has 38 heavy (non-hydrogen) atoms. The zero-order valence-corrected chi connectivity index (χ0v) is 21.3. The number of hydrogen-bond acceptors (Lipinski definition) is 5. The maximum Gasteiger partial charge on any atom is 0.338 e. The highest BCUT2D eigenvalue weighted by Gasteiger charge is 2.28. The molecule has 6 heteroatoms. The third-order valence-electron chi connectivity index (χ3n) is 6.17. The smallest absolute Gasteiger partial charge is 0.338 e. The summed E-state index contributed by atoms with van der Waals surface area (Å²) in [5, 5.41) is 5.85. The van der Waals surface area contributed by atoms with Gasteiger partial charge in [-0.05, 0) is 66.6 Å². The zero-order chi connectivity index (χ0) is 26.5. The van der Waals surface area contributed by atoms with Gasteiger partial charge in [-0.1, -0.05) is 48.5 Å². The highest BCUT2D eigenvalue weighted by Crippen LogP contribution is 2.36. The fourth-order valence-corrected chi connectivity index (χ4v) is 4.46. The van der Waals surface area contributed by atoms with E-state index in [1.807, 2.05) is 89.6 Å². The van der Waals surface area contributed by atoms with Gasteiger partial charge >= 0.3 is 11.9 Å². The maximum absolute atomic E-state index is 12.6. The van der Waals surface area contributed by atoms with E-state index in [0.717, 1.165) is 33.5 Å². The topological polar surface area (TPSA) is 69.4 Å². The third-order valence-corrected chi connectivity index (χ3v) is 6.17. The Hall–Kier alpha value is -4.84. The zero-order valence-electron chi connectivity index (χ0n) is 21.3. The molecule has 1 heterocycles. The molecule has 0 aliphatic heterocycles. The van der Waals surface area contributed by atoms with E-state index in [-0.39, 0.29) is 11.9 Å². The molecule has 1 aromatic heterocycles. The number of rotatable bonds is 7. The third kappa shape index (κ3) is 4.89.